The zero-order valence-corrected chi connectivity index (χ0v) is 16.1. The molecule has 0 unspecified atom stereocenters. The van der Waals surface area contributed by atoms with Crippen LogP contribution in [0.5, 0.6) is 5.75 Å². The molecule has 140 valence electrons. The van der Waals surface area contributed by atoms with E-state index in [4.69, 9.17) is 4.74 Å². The highest BCUT2D eigenvalue weighted by Crippen LogP contribution is 2.19. The third kappa shape index (κ3) is 5.75. The number of rotatable bonds is 7. The number of methoxy groups -OCH3 is 1. The number of hydrogen-bond acceptors (Lipinski definition) is 4. The van der Waals surface area contributed by atoms with Gasteiger partial charge >= 0.3 is 6.03 Å². The first-order chi connectivity index (χ1) is 12.7. The standard InChI is InChI=1S/C20H27N3O2S/c1-25-19-4-2-16(3-5-19)12-21-20(24)22-13-17-6-9-23(10-7-17)14-18-8-11-26-15-18/h2-5,8,11,15,17H,6-7,9-10,12-14H2,1H3,(H2,21,22,24). The first-order valence-corrected chi connectivity index (χ1v) is 10.1. The molecular formula is C20H27N3O2S. The van der Waals surface area contributed by atoms with E-state index in [-0.39, 0.29) is 6.03 Å². The van der Waals surface area contributed by atoms with Crippen molar-refractivity contribution in [1.82, 2.24) is 15.5 Å². The Bertz CT molecular complexity index is 665. The maximum atomic E-state index is 12.0. The Morgan fingerprint density at radius 2 is 1.92 bits per heavy atom. The highest BCUT2D eigenvalue weighted by molar-refractivity contribution is 7.07. The Balaban J connectivity index is 1.31. The molecule has 1 aromatic heterocycles. The van der Waals surface area contributed by atoms with Crippen molar-refractivity contribution in [2.24, 2.45) is 5.92 Å². The Morgan fingerprint density at radius 3 is 2.58 bits per heavy atom. The predicted molar refractivity (Wildman–Crippen MR) is 106 cm³/mol. The number of nitrogens with zero attached hydrogens (tertiary/aromatic N) is 1. The summed E-state index contributed by atoms with van der Waals surface area (Å²) in [5.74, 6) is 1.39. The van der Waals surface area contributed by atoms with Gasteiger partial charge in [0, 0.05) is 19.6 Å². The molecule has 0 radical (unpaired) electrons. The number of hydrogen-bond donors (Lipinski definition) is 2. The minimum atomic E-state index is -0.0958. The molecule has 5 nitrogen and oxygen atoms in total. The zero-order chi connectivity index (χ0) is 18.2. The molecule has 2 N–H and O–H groups in total. The largest absolute Gasteiger partial charge is 0.497 e. The summed E-state index contributed by atoms with van der Waals surface area (Å²) in [6.45, 7) is 4.53. The fourth-order valence-corrected chi connectivity index (χ4v) is 3.87. The fourth-order valence-electron chi connectivity index (χ4n) is 3.21. The average Bonchev–Trinajstić information content (AvgIpc) is 3.19. The first kappa shape index (κ1) is 18.7. The van der Waals surface area contributed by atoms with Gasteiger partial charge < -0.3 is 15.4 Å². The third-order valence-corrected chi connectivity index (χ3v) is 5.59. The molecule has 0 spiro atoms. The molecule has 0 bridgehead atoms. The summed E-state index contributed by atoms with van der Waals surface area (Å²) in [7, 11) is 1.65. The SMILES string of the molecule is COc1ccc(CNC(=O)NCC2CCN(Cc3ccsc3)CC2)cc1. The lowest BCUT2D eigenvalue weighted by Crippen LogP contribution is -2.41. The second-order valence-electron chi connectivity index (χ2n) is 6.76. The Morgan fingerprint density at radius 1 is 1.15 bits per heavy atom. The quantitative estimate of drug-likeness (QED) is 0.781. The summed E-state index contributed by atoms with van der Waals surface area (Å²) in [5.41, 5.74) is 2.46. The van der Waals surface area contributed by atoms with E-state index in [1.54, 1.807) is 18.4 Å². The summed E-state index contributed by atoms with van der Waals surface area (Å²) in [6, 6.07) is 9.83. The molecule has 1 aromatic carbocycles. The summed E-state index contributed by atoms with van der Waals surface area (Å²) >= 11 is 1.76. The van der Waals surface area contributed by atoms with Crippen molar-refractivity contribution in [2.75, 3.05) is 26.7 Å². The maximum Gasteiger partial charge on any atom is 0.315 e. The number of nitrogens with one attached hydrogen (secondary N) is 2. The summed E-state index contributed by atoms with van der Waals surface area (Å²) in [6.07, 6.45) is 2.28. The number of urea groups is 1. The van der Waals surface area contributed by atoms with Gasteiger partial charge in [-0.2, -0.15) is 11.3 Å². The fraction of sp³-hybridized carbons (Fsp3) is 0.450. The number of benzene rings is 1. The normalized spacial score (nSPS) is 15.6. The van der Waals surface area contributed by atoms with E-state index in [1.165, 1.54) is 5.56 Å². The number of thiophene rings is 1. The van der Waals surface area contributed by atoms with Gasteiger partial charge in [0.2, 0.25) is 0 Å². The topological polar surface area (TPSA) is 53.6 Å². The molecule has 1 fully saturated rings. The first-order valence-electron chi connectivity index (χ1n) is 9.11. The van der Waals surface area contributed by atoms with Crippen molar-refractivity contribution in [1.29, 1.82) is 0 Å². The van der Waals surface area contributed by atoms with Crippen molar-refractivity contribution in [3.63, 3.8) is 0 Å². The van der Waals surface area contributed by atoms with Crippen molar-refractivity contribution in [3.8, 4) is 5.75 Å². The summed E-state index contributed by atoms with van der Waals surface area (Å²) in [5, 5.41) is 10.3. The molecule has 0 aliphatic carbocycles. The van der Waals surface area contributed by atoms with E-state index in [1.807, 2.05) is 24.3 Å². The maximum absolute atomic E-state index is 12.0. The molecule has 2 amide bonds. The van der Waals surface area contributed by atoms with E-state index in [9.17, 15) is 4.79 Å². The lowest BCUT2D eigenvalue weighted by atomic mass is 9.96. The number of amides is 2. The van der Waals surface area contributed by atoms with Gasteiger partial charge in [-0.1, -0.05) is 12.1 Å². The van der Waals surface area contributed by atoms with Crippen LogP contribution in [-0.4, -0.2) is 37.7 Å². The van der Waals surface area contributed by atoms with Crippen molar-refractivity contribution < 1.29 is 9.53 Å². The average molecular weight is 374 g/mol. The molecule has 1 aliphatic rings. The Labute approximate surface area is 159 Å². The van der Waals surface area contributed by atoms with Crippen LogP contribution in [0.4, 0.5) is 4.79 Å². The van der Waals surface area contributed by atoms with Crippen LogP contribution in [0.3, 0.4) is 0 Å². The predicted octanol–water partition coefficient (Wildman–Crippen LogP) is 3.47. The molecule has 0 saturated carbocycles. The van der Waals surface area contributed by atoms with E-state index < -0.39 is 0 Å². The van der Waals surface area contributed by atoms with E-state index in [0.717, 1.165) is 50.3 Å². The van der Waals surface area contributed by atoms with Gasteiger partial charge in [0.15, 0.2) is 0 Å². The second-order valence-corrected chi connectivity index (χ2v) is 7.54. The smallest absolute Gasteiger partial charge is 0.315 e. The van der Waals surface area contributed by atoms with E-state index >= 15 is 0 Å². The summed E-state index contributed by atoms with van der Waals surface area (Å²) in [4.78, 5) is 14.5. The van der Waals surface area contributed by atoms with Gasteiger partial charge in [-0.25, -0.2) is 4.79 Å². The van der Waals surface area contributed by atoms with Crippen molar-refractivity contribution in [2.45, 2.75) is 25.9 Å². The molecule has 1 saturated heterocycles. The number of piperidine rings is 1. The Kier molecular flexibility index (Phi) is 6.91. The molecule has 0 atom stereocenters. The second kappa shape index (κ2) is 9.59. The lowest BCUT2D eigenvalue weighted by molar-refractivity contribution is 0.175. The Hall–Kier alpha value is -2.05. The van der Waals surface area contributed by atoms with Gasteiger partial charge in [-0.3, -0.25) is 4.90 Å². The molecule has 2 heterocycles. The molecule has 3 rings (SSSR count). The highest BCUT2D eigenvalue weighted by Gasteiger charge is 2.19. The molecule has 1 aliphatic heterocycles. The minimum Gasteiger partial charge on any atom is -0.497 e. The third-order valence-electron chi connectivity index (χ3n) is 4.86. The number of carbonyl (C=O) groups is 1. The monoisotopic (exact) mass is 373 g/mol. The molecule has 26 heavy (non-hydrogen) atoms. The van der Waals surface area contributed by atoms with Crippen LogP contribution in [0.1, 0.15) is 24.0 Å². The number of carbonyl (C=O) groups excluding carboxylic acids is 1. The van der Waals surface area contributed by atoms with E-state index in [2.05, 4.69) is 32.4 Å². The lowest BCUT2D eigenvalue weighted by Gasteiger charge is -2.31. The number of ether oxygens (including phenoxy) is 1. The highest BCUT2D eigenvalue weighted by atomic mass is 32.1. The van der Waals surface area contributed by atoms with Crippen LogP contribution in [0.2, 0.25) is 0 Å². The van der Waals surface area contributed by atoms with Gasteiger partial charge in [0.05, 0.1) is 7.11 Å². The van der Waals surface area contributed by atoms with Crippen LogP contribution in [-0.2, 0) is 13.1 Å². The van der Waals surface area contributed by atoms with Gasteiger partial charge in [-0.15, -0.1) is 0 Å². The van der Waals surface area contributed by atoms with E-state index in [0.29, 0.717) is 12.5 Å². The molecule has 2 aromatic rings. The number of likely N-dealkylation sites (tertiary alicyclic amines) is 1. The zero-order valence-electron chi connectivity index (χ0n) is 15.2. The van der Waals surface area contributed by atoms with Gasteiger partial charge in [0.1, 0.15) is 5.75 Å². The van der Waals surface area contributed by atoms with Gasteiger partial charge in [-0.05, 0) is 71.9 Å². The van der Waals surface area contributed by atoms with Crippen LogP contribution < -0.4 is 15.4 Å². The summed E-state index contributed by atoms with van der Waals surface area (Å²) < 4.78 is 5.13. The minimum absolute atomic E-state index is 0.0958. The molecular weight excluding hydrogens is 346 g/mol. The van der Waals surface area contributed by atoms with Crippen LogP contribution in [0.25, 0.3) is 0 Å². The van der Waals surface area contributed by atoms with Crippen LogP contribution >= 0.6 is 11.3 Å². The molecule has 6 heteroatoms. The van der Waals surface area contributed by atoms with Gasteiger partial charge in [0.25, 0.3) is 0 Å². The van der Waals surface area contributed by atoms with Crippen LogP contribution in [0.15, 0.2) is 41.1 Å². The van der Waals surface area contributed by atoms with Crippen molar-refractivity contribution >= 4 is 17.4 Å². The van der Waals surface area contributed by atoms with Crippen LogP contribution in [0, 0.1) is 5.92 Å². The van der Waals surface area contributed by atoms with Crippen molar-refractivity contribution in [3.05, 3.63) is 52.2 Å².